The highest BCUT2D eigenvalue weighted by Gasteiger charge is 2.15. The molecule has 0 radical (unpaired) electrons. The molecule has 1 amide bonds. The van der Waals surface area contributed by atoms with E-state index in [1.54, 1.807) is 23.1 Å². The summed E-state index contributed by atoms with van der Waals surface area (Å²) in [5.41, 5.74) is 0.788. The lowest BCUT2D eigenvalue weighted by Gasteiger charge is -2.23. The van der Waals surface area contributed by atoms with Crippen LogP contribution in [-0.4, -0.2) is 29.0 Å². The van der Waals surface area contributed by atoms with Crippen molar-refractivity contribution in [2.75, 3.05) is 13.1 Å². The smallest absolute Gasteiger partial charge is 0.227 e. The van der Waals surface area contributed by atoms with Gasteiger partial charge in [-0.3, -0.25) is 4.79 Å². The van der Waals surface area contributed by atoms with E-state index in [-0.39, 0.29) is 18.1 Å². The second kappa shape index (κ2) is 7.42. The summed E-state index contributed by atoms with van der Waals surface area (Å²) in [4.78, 5) is 13.9. The standard InChI is InChI=1S/C15H20N2O2/c1-12(2)11-17(8-4-7-16)15(19)10-13-5-3-6-14(18)9-13/h3,5-6,9,12,18H,4,8,10-11H2,1-2H3. The molecule has 1 aromatic rings. The molecule has 19 heavy (non-hydrogen) atoms. The lowest BCUT2D eigenvalue weighted by molar-refractivity contribution is -0.130. The minimum Gasteiger partial charge on any atom is -0.508 e. The first kappa shape index (κ1) is 15.0. The van der Waals surface area contributed by atoms with Crippen LogP contribution in [-0.2, 0) is 11.2 Å². The van der Waals surface area contributed by atoms with Crippen molar-refractivity contribution in [3.8, 4) is 11.8 Å². The average Bonchev–Trinajstić information content (AvgIpc) is 2.34. The summed E-state index contributed by atoms with van der Waals surface area (Å²) in [5, 5.41) is 18.0. The second-order valence-corrected chi connectivity index (χ2v) is 4.99. The third-order valence-electron chi connectivity index (χ3n) is 2.70. The second-order valence-electron chi connectivity index (χ2n) is 4.99. The Hall–Kier alpha value is -2.02. The van der Waals surface area contributed by atoms with Gasteiger partial charge in [-0.2, -0.15) is 5.26 Å². The number of rotatable bonds is 6. The molecule has 0 spiro atoms. The van der Waals surface area contributed by atoms with E-state index in [1.807, 2.05) is 19.9 Å². The molecular formula is C15H20N2O2. The molecule has 0 heterocycles. The van der Waals surface area contributed by atoms with Crippen molar-refractivity contribution in [1.82, 2.24) is 4.90 Å². The molecule has 1 rings (SSSR count). The maximum absolute atomic E-state index is 12.2. The van der Waals surface area contributed by atoms with Crippen LogP contribution < -0.4 is 0 Å². The van der Waals surface area contributed by atoms with Crippen molar-refractivity contribution in [2.24, 2.45) is 5.92 Å². The first-order valence-corrected chi connectivity index (χ1v) is 6.45. The molecule has 0 bridgehead atoms. The Morgan fingerprint density at radius 2 is 2.21 bits per heavy atom. The van der Waals surface area contributed by atoms with E-state index in [0.717, 1.165) is 5.56 Å². The summed E-state index contributed by atoms with van der Waals surface area (Å²) >= 11 is 0. The van der Waals surface area contributed by atoms with Crippen LogP contribution in [0.2, 0.25) is 0 Å². The topological polar surface area (TPSA) is 64.3 Å². The Balaban J connectivity index is 2.68. The van der Waals surface area contributed by atoms with Crippen molar-refractivity contribution in [3.05, 3.63) is 29.8 Å². The monoisotopic (exact) mass is 260 g/mol. The zero-order valence-corrected chi connectivity index (χ0v) is 11.5. The van der Waals surface area contributed by atoms with Crippen LogP contribution in [0, 0.1) is 17.2 Å². The first-order chi connectivity index (χ1) is 9.02. The summed E-state index contributed by atoms with van der Waals surface area (Å²) in [6, 6.07) is 8.77. The highest BCUT2D eigenvalue weighted by atomic mass is 16.3. The van der Waals surface area contributed by atoms with E-state index in [2.05, 4.69) is 6.07 Å². The first-order valence-electron chi connectivity index (χ1n) is 6.45. The molecule has 102 valence electrons. The van der Waals surface area contributed by atoms with Crippen LogP contribution in [0.4, 0.5) is 0 Å². The van der Waals surface area contributed by atoms with E-state index in [0.29, 0.717) is 25.4 Å². The minimum absolute atomic E-state index is 0.00505. The number of amides is 1. The van der Waals surface area contributed by atoms with Gasteiger partial charge in [-0.25, -0.2) is 0 Å². The third-order valence-corrected chi connectivity index (χ3v) is 2.70. The minimum atomic E-state index is -0.00505. The molecule has 0 aliphatic rings. The van der Waals surface area contributed by atoms with Gasteiger partial charge in [0.2, 0.25) is 5.91 Å². The van der Waals surface area contributed by atoms with Crippen molar-refractivity contribution in [1.29, 1.82) is 5.26 Å². The number of hydrogen-bond donors (Lipinski definition) is 1. The molecule has 1 N–H and O–H groups in total. The van der Waals surface area contributed by atoms with Gasteiger partial charge in [0, 0.05) is 13.1 Å². The van der Waals surface area contributed by atoms with Crippen molar-refractivity contribution in [2.45, 2.75) is 26.7 Å². The summed E-state index contributed by atoms with van der Waals surface area (Å²) in [6.45, 7) is 5.20. The Kier molecular flexibility index (Phi) is 5.87. The molecule has 1 aromatic carbocycles. The lowest BCUT2D eigenvalue weighted by atomic mass is 10.1. The Morgan fingerprint density at radius 1 is 1.47 bits per heavy atom. The number of nitriles is 1. The van der Waals surface area contributed by atoms with Gasteiger partial charge in [-0.1, -0.05) is 26.0 Å². The number of phenols is 1. The maximum Gasteiger partial charge on any atom is 0.227 e. The number of carbonyl (C=O) groups is 1. The number of carbonyl (C=O) groups excluding carboxylic acids is 1. The predicted octanol–water partition coefficient (Wildman–Crippen LogP) is 2.33. The van der Waals surface area contributed by atoms with Crippen LogP contribution in [0.3, 0.4) is 0 Å². The summed E-state index contributed by atoms with van der Waals surface area (Å²) in [6.07, 6.45) is 0.602. The lowest BCUT2D eigenvalue weighted by Crippen LogP contribution is -2.36. The molecular weight excluding hydrogens is 240 g/mol. The average molecular weight is 260 g/mol. The van der Waals surface area contributed by atoms with E-state index in [9.17, 15) is 9.90 Å². The van der Waals surface area contributed by atoms with Crippen molar-refractivity contribution >= 4 is 5.91 Å². The van der Waals surface area contributed by atoms with Gasteiger partial charge in [-0.15, -0.1) is 0 Å². The number of nitrogens with zero attached hydrogens (tertiary/aromatic N) is 2. The third kappa shape index (κ3) is 5.43. The van der Waals surface area contributed by atoms with E-state index in [1.165, 1.54) is 0 Å². The molecule has 0 aromatic heterocycles. The van der Waals surface area contributed by atoms with Crippen molar-refractivity contribution < 1.29 is 9.90 Å². The molecule has 0 atom stereocenters. The Morgan fingerprint density at radius 3 is 2.79 bits per heavy atom. The summed E-state index contributed by atoms with van der Waals surface area (Å²) in [7, 11) is 0. The molecule has 0 unspecified atom stereocenters. The predicted molar refractivity (Wildman–Crippen MR) is 73.5 cm³/mol. The van der Waals surface area contributed by atoms with Crippen LogP contribution in [0.1, 0.15) is 25.8 Å². The SMILES string of the molecule is CC(C)CN(CCC#N)C(=O)Cc1cccc(O)c1. The molecule has 0 aliphatic carbocycles. The Bertz CT molecular complexity index is 463. The number of phenolic OH excluding ortho intramolecular Hbond substituents is 1. The highest BCUT2D eigenvalue weighted by Crippen LogP contribution is 2.13. The van der Waals surface area contributed by atoms with Gasteiger partial charge >= 0.3 is 0 Å². The molecule has 0 fully saturated rings. The summed E-state index contributed by atoms with van der Waals surface area (Å²) < 4.78 is 0. The quantitative estimate of drug-likeness (QED) is 0.853. The summed E-state index contributed by atoms with van der Waals surface area (Å²) in [5.74, 6) is 0.527. The normalized spacial score (nSPS) is 10.2. The van der Waals surface area contributed by atoms with Crippen molar-refractivity contribution in [3.63, 3.8) is 0 Å². The maximum atomic E-state index is 12.2. The fraction of sp³-hybridized carbons (Fsp3) is 0.467. The Labute approximate surface area is 114 Å². The zero-order chi connectivity index (χ0) is 14.3. The molecule has 4 nitrogen and oxygen atoms in total. The number of benzene rings is 1. The number of aromatic hydroxyl groups is 1. The fourth-order valence-electron chi connectivity index (χ4n) is 1.90. The van der Waals surface area contributed by atoms with Gasteiger partial charge < -0.3 is 10.0 Å². The highest BCUT2D eigenvalue weighted by molar-refractivity contribution is 5.78. The number of hydrogen-bond acceptors (Lipinski definition) is 3. The van der Waals surface area contributed by atoms with Crippen LogP contribution in [0.5, 0.6) is 5.75 Å². The molecule has 4 heteroatoms. The van der Waals surface area contributed by atoms with E-state index in [4.69, 9.17) is 5.26 Å². The largest absolute Gasteiger partial charge is 0.508 e. The molecule has 0 aliphatic heterocycles. The van der Waals surface area contributed by atoms with Gasteiger partial charge in [-0.05, 0) is 23.6 Å². The zero-order valence-electron chi connectivity index (χ0n) is 11.5. The van der Waals surface area contributed by atoms with Crippen LogP contribution in [0.15, 0.2) is 24.3 Å². The van der Waals surface area contributed by atoms with Gasteiger partial charge in [0.05, 0.1) is 18.9 Å². The van der Waals surface area contributed by atoms with Gasteiger partial charge in [0.1, 0.15) is 5.75 Å². The van der Waals surface area contributed by atoms with Crippen LogP contribution in [0.25, 0.3) is 0 Å². The molecule has 0 saturated carbocycles. The van der Waals surface area contributed by atoms with E-state index >= 15 is 0 Å². The van der Waals surface area contributed by atoms with Crippen LogP contribution >= 0.6 is 0 Å². The van der Waals surface area contributed by atoms with Gasteiger partial charge in [0.25, 0.3) is 0 Å². The van der Waals surface area contributed by atoms with E-state index < -0.39 is 0 Å². The fourth-order valence-corrected chi connectivity index (χ4v) is 1.90. The van der Waals surface area contributed by atoms with Gasteiger partial charge in [0.15, 0.2) is 0 Å². The molecule has 0 saturated heterocycles.